The van der Waals surface area contributed by atoms with E-state index in [1.807, 2.05) is 6.92 Å². The van der Waals surface area contributed by atoms with E-state index in [4.69, 9.17) is 17.3 Å². The number of rotatable bonds is 4. The van der Waals surface area contributed by atoms with Crippen LogP contribution >= 0.6 is 11.6 Å². The van der Waals surface area contributed by atoms with E-state index in [9.17, 15) is 9.50 Å². The van der Waals surface area contributed by atoms with Gasteiger partial charge in [0.1, 0.15) is 5.82 Å². The Bertz CT molecular complexity index is 339. The van der Waals surface area contributed by atoms with Crippen molar-refractivity contribution in [1.29, 1.82) is 0 Å². The minimum atomic E-state index is -1.05. The molecule has 3 N–H and O–H groups in total. The Hall–Kier alpha value is -0.640. The number of halogens is 2. The molecule has 1 atom stereocenters. The number of benzene rings is 1. The predicted octanol–water partition coefficient (Wildman–Crippen LogP) is 2.12. The molecule has 0 aliphatic heterocycles. The van der Waals surface area contributed by atoms with Gasteiger partial charge in [-0.3, -0.25) is 0 Å². The summed E-state index contributed by atoms with van der Waals surface area (Å²) in [5, 5.41) is 10.4. The summed E-state index contributed by atoms with van der Waals surface area (Å²) in [6.07, 6.45) is 0.668. The van der Waals surface area contributed by atoms with Crippen molar-refractivity contribution in [3.05, 3.63) is 34.6 Å². The number of aliphatic hydroxyl groups is 1. The van der Waals surface area contributed by atoms with Crippen LogP contribution < -0.4 is 5.73 Å². The third-order valence-electron chi connectivity index (χ3n) is 2.57. The van der Waals surface area contributed by atoms with E-state index in [1.165, 1.54) is 18.2 Å². The molecule has 0 heterocycles. The fraction of sp³-hybridized carbons (Fsp3) is 0.455. The molecular formula is C11H15ClFNO. The van der Waals surface area contributed by atoms with Gasteiger partial charge in [-0.25, -0.2) is 4.39 Å². The van der Waals surface area contributed by atoms with Crippen LogP contribution in [-0.2, 0) is 6.42 Å². The highest BCUT2D eigenvalue weighted by atomic mass is 35.5. The first-order valence-electron chi connectivity index (χ1n) is 4.87. The molecule has 15 heavy (non-hydrogen) atoms. The Morgan fingerprint density at radius 2 is 2.20 bits per heavy atom. The zero-order valence-corrected chi connectivity index (χ0v) is 9.39. The van der Waals surface area contributed by atoms with E-state index in [2.05, 4.69) is 0 Å². The fourth-order valence-corrected chi connectivity index (χ4v) is 1.57. The highest BCUT2D eigenvalue weighted by molar-refractivity contribution is 6.30. The second-order valence-corrected chi connectivity index (χ2v) is 4.13. The summed E-state index contributed by atoms with van der Waals surface area (Å²) in [7, 11) is 0. The summed E-state index contributed by atoms with van der Waals surface area (Å²) in [4.78, 5) is 0. The van der Waals surface area contributed by atoms with Gasteiger partial charge in [0.2, 0.25) is 0 Å². The van der Waals surface area contributed by atoms with E-state index >= 15 is 0 Å². The average Bonchev–Trinajstić information content (AvgIpc) is 2.23. The largest absolute Gasteiger partial charge is 0.388 e. The lowest BCUT2D eigenvalue weighted by Crippen LogP contribution is -2.39. The lowest BCUT2D eigenvalue weighted by molar-refractivity contribution is 0.0448. The second kappa shape index (κ2) is 4.92. The summed E-state index contributed by atoms with van der Waals surface area (Å²) in [5.41, 5.74) is 4.80. The van der Waals surface area contributed by atoms with Crippen molar-refractivity contribution < 1.29 is 9.50 Å². The van der Waals surface area contributed by atoms with E-state index in [0.717, 1.165) is 0 Å². The van der Waals surface area contributed by atoms with Gasteiger partial charge in [-0.15, -0.1) is 0 Å². The number of hydrogen-bond acceptors (Lipinski definition) is 2. The van der Waals surface area contributed by atoms with Gasteiger partial charge in [0, 0.05) is 18.0 Å². The van der Waals surface area contributed by atoms with Gasteiger partial charge in [-0.1, -0.05) is 18.5 Å². The maximum atomic E-state index is 13.4. The molecule has 1 aromatic rings. The lowest BCUT2D eigenvalue weighted by Gasteiger charge is -2.25. The van der Waals surface area contributed by atoms with Crippen molar-refractivity contribution >= 4 is 11.6 Å². The highest BCUT2D eigenvalue weighted by Gasteiger charge is 2.24. The molecule has 0 saturated heterocycles. The molecule has 2 nitrogen and oxygen atoms in total. The first-order chi connectivity index (χ1) is 7.00. The van der Waals surface area contributed by atoms with Crippen LogP contribution in [0.4, 0.5) is 4.39 Å². The SMILES string of the molecule is CCC(O)(CN)Cc1cc(Cl)ccc1F. The van der Waals surface area contributed by atoms with Crippen LogP contribution in [0.25, 0.3) is 0 Å². The summed E-state index contributed by atoms with van der Waals surface area (Å²) >= 11 is 5.75. The molecule has 0 saturated carbocycles. The van der Waals surface area contributed by atoms with E-state index in [1.54, 1.807) is 0 Å². The van der Waals surface area contributed by atoms with Crippen LogP contribution in [0.1, 0.15) is 18.9 Å². The standard InChI is InChI=1S/C11H15ClFNO/c1-2-11(15,7-14)6-8-5-9(12)3-4-10(8)13/h3-5,15H,2,6-7,14H2,1H3. The third-order valence-corrected chi connectivity index (χ3v) is 2.80. The third kappa shape index (κ3) is 3.16. The molecule has 0 aromatic heterocycles. The molecule has 1 unspecified atom stereocenters. The van der Waals surface area contributed by atoms with Crippen LogP contribution in [0.3, 0.4) is 0 Å². The monoisotopic (exact) mass is 231 g/mol. The quantitative estimate of drug-likeness (QED) is 0.834. The molecule has 0 amide bonds. The minimum absolute atomic E-state index is 0.107. The van der Waals surface area contributed by atoms with Crippen molar-refractivity contribution in [1.82, 2.24) is 0 Å². The molecular weight excluding hydrogens is 217 g/mol. The van der Waals surface area contributed by atoms with Crippen LogP contribution in [0.5, 0.6) is 0 Å². The number of nitrogens with two attached hydrogens (primary N) is 1. The summed E-state index contributed by atoms with van der Waals surface area (Å²) in [6, 6.07) is 4.30. The molecule has 0 fully saturated rings. The Morgan fingerprint density at radius 3 is 2.73 bits per heavy atom. The van der Waals surface area contributed by atoms with Crippen LogP contribution in [0.15, 0.2) is 18.2 Å². The van der Waals surface area contributed by atoms with Crippen molar-refractivity contribution in [2.75, 3.05) is 6.54 Å². The molecule has 0 spiro atoms. The van der Waals surface area contributed by atoms with Crippen LogP contribution in [-0.4, -0.2) is 17.3 Å². The van der Waals surface area contributed by atoms with Crippen molar-refractivity contribution in [2.45, 2.75) is 25.4 Å². The smallest absolute Gasteiger partial charge is 0.126 e. The van der Waals surface area contributed by atoms with Crippen molar-refractivity contribution in [3.63, 3.8) is 0 Å². The summed E-state index contributed by atoms with van der Waals surface area (Å²) in [5.74, 6) is -0.361. The zero-order valence-electron chi connectivity index (χ0n) is 8.63. The molecule has 0 bridgehead atoms. The van der Waals surface area contributed by atoms with Gasteiger partial charge >= 0.3 is 0 Å². The van der Waals surface area contributed by atoms with Gasteiger partial charge in [0.05, 0.1) is 5.60 Å². The van der Waals surface area contributed by atoms with Gasteiger partial charge in [-0.05, 0) is 30.2 Å². The Labute approximate surface area is 93.9 Å². The normalized spacial score (nSPS) is 15.0. The molecule has 0 aliphatic carbocycles. The highest BCUT2D eigenvalue weighted by Crippen LogP contribution is 2.21. The summed E-state index contributed by atoms with van der Waals surface area (Å²) in [6.45, 7) is 1.92. The number of hydrogen-bond donors (Lipinski definition) is 2. The first-order valence-corrected chi connectivity index (χ1v) is 5.25. The van der Waals surface area contributed by atoms with E-state index in [0.29, 0.717) is 17.0 Å². The maximum absolute atomic E-state index is 13.4. The van der Waals surface area contributed by atoms with Gasteiger partial charge in [0.15, 0.2) is 0 Å². The predicted molar refractivity (Wildman–Crippen MR) is 59.4 cm³/mol. The van der Waals surface area contributed by atoms with Crippen LogP contribution in [0, 0.1) is 5.82 Å². The lowest BCUT2D eigenvalue weighted by atomic mass is 9.92. The topological polar surface area (TPSA) is 46.2 Å². The second-order valence-electron chi connectivity index (χ2n) is 3.69. The molecule has 0 radical (unpaired) electrons. The summed E-state index contributed by atoms with van der Waals surface area (Å²) < 4.78 is 13.4. The molecule has 1 rings (SSSR count). The van der Waals surface area contributed by atoms with Gasteiger partial charge in [0.25, 0.3) is 0 Å². The Balaban J connectivity index is 2.92. The molecule has 0 aliphatic rings. The minimum Gasteiger partial charge on any atom is -0.388 e. The first kappa shape index (κ1) is 12.4. The van der Waals surface area contributed by atoms with E-state index < -0.39 is 5.60 Å². The van der Waals surface area contributed by atoms with E-state index in [-0.39, 0.29) is 18.8 Å². The molecule has 84 valence electrons. The maximum Gasteiger partial charge on any atom is 0.126 e. The fourth-order valence-electron chi connectivity index (χ4n) is 1.37. The molecule has 4 heteroatoms. The Kier molecular flexibility index (Phi) is 4.08. The van der Waals surface area contributed by atoms with Gasteiger partial charge in [-0.2, -0.15) is 0 Å². The van der Waals surface area contributed by atoms with Crippen LogP contribution in [0.2, 0.25) is 5.02 Å². The molecule has 1 aromatic carbocycles. The zero-order chi connectivity index (χ0) is 11.5. The van der Waals surface area contributed by atoms with Gasteiger partial charge < -0.3 is 10.8 Å². The van der Waals surface area contributed by atoms with Crippen molar-refractivity contribution in [3.8, 4) is 0 Å². The van der Waals surface area contributed by atoms with Crippen molar-refractivity contribution in [2.24, 2.45) is 5.73 Å². The average molecular weight is 232 g/mol. The Morgan fingerprint density at radius 1 is 1.53 bits per heavy atom.